The van der Waals surface area contributed by atoms with Crippen LogP contribution in [0.25, 0.3) is 0 Å². The van der Waals surface area contributed by atoms with Crippen molar-refractivity contribution in [2.24, 2.45) is 0 Å². The lowest BCUT2D eigenvalue weighted by molar-refractivity contribution is -0.320. The number of anilines is 1. The number of nitrogens with one attached hydrogen (secondary N) is 1. The van der Waals surface area contributed by atoms with Crippen LogP contribution < -0.4 is 10.1 Å². The summed E-state index contributed by atoms with van der Waals surface area (Å²) in [5, 5.41) is 2.03. The van der Waals surface area contributed by atoms with Crippen LogP contribution in [0.2, 0.25) is 0 Å². The first kappa shape index (κ1) is 14.2. The number of aryl methyl sites for hydroxylation is 1. The molecule has 0 spiro atoms. The SMILES string of the molecule is CC(=O)O[C@]1(C(F)(F)F)Oc2cc(C)ccc2NC1=O. The average molecular weight is 289 g/mol. The van der Waals surface area contributed by atoms with Crippen LogP contribution in [-0.4, -0.2) is 23.8 Å². The average Bonchev–Trinajstić information content (AvgIpc) is 2.28. The highest BCUT2D eigenvalue weighted by Gasteiger charge is 2.69. The summed E-state index contributed by atoms with van der Waals surface area (Å²) in [5.41, 5.74) is 0.700. The van der Waals surface area contributed by atoms with Crippen molar-refractivity contribution >= 4 is 17.6 Å². The fraction of sp³-hybridized carbons (Fsp3) is 0.333. The van der Waals surface area contributed by atoms with Gasteiger partial charge < -0.3 is 14.8 Å². The number of benzene rings is 1. The number of hydrogen-bond donors (Lipinski definition) is 1. The fourth-order valence-electron chi connectivity index (χ4n) is 1.74. The molecule has 0 unspecified atom stereocenters. The van der Waals surface area contributed by atoms with Gasteiger partial charge in [0, 0.05) is 6.92 Å². The fourth-order valence-corrected chi connectivity index (χ4v) is 1.74. The molecular weight excluding hydrogens is 279 g/mol. The second-order valence-electron chi connectivity index (χ2n) is 4.26. The third kappa shape index (κ3) is 2.17. The number of ether oxygens (including phenoxy) is 2. The Morgan fingerprint density at radius 1 is 1.40 bits per heavy atom. The van der Waals surface area contributed by atoms with Gasteiger partial charge in [0.1, 0.15) is 5.75 Å². The maximum absolute atomic E-state index is 13.1. The standard InChI is InChI=1S/C12H10F3NO4/c1-6-3-4-8-9(5-6)20-11(10(18)16-8,12(13,14)15)19-7(2)17/h3-5H,1-2H3,(H,16,18)/t11-/m0/s1. The van der Waals surface area contributed by atoms with Gasteiger partial charge in [0.2, 0.25) is 0 Å². The number of fused-ring (bicyclic) bond motifs is 1. The summed E-state index contributed by atoms with van der Waals surface area (Å²) in [4.78, 5) is 22.6. The molecule has 0 saturated carbocycles. The summed E-state index contributed by atoms with van der Waals surface area (Å²) in [5.74, 6) is -6.77. The molecule has 8 heteroatoms. The van der Waals surface area contributed by atoms with E-state index in [0.29, 0.717) is 5.56 Å². The van der Waals surface area contributed by atoms with Crippen molar-refractivity contribution in [2.45, 2.75) is 25.8 Å². The minimum atomic E-state index is -5.22. The van der Waals surface area contributed by atoms with Gasteiger partial charge >= 0.3 is 23.8 Å². The van der Waals surface area contributed by atoms with E-state index in [9.17, 15) is 22.8 Å². The van der Waals surface area contributed by atoms with Crippen molar-refractivity contribution in [2.75, 3.05) is 5.32 Å². The first-order chi connectivity index (χ1) is 9.15. The van der Waals surface area contributed by atoms with E-state index in [4.69, 9.17) is 4.74 Å². The van der Waals surface area contributed by atoms with Gasteiger partial charge in [-0.2, -0.15) is 13.2 Å². The van der Waals surface area contributed by atoms with E-state index in [1.54, 1.807) is 13.0 Å². The molecule has 1 aliphatic heterocycles. The van der Waals surface area contributed by atoms with E-state index in [1.165, 1.54) is 12.1 Å². The van der Waals surface area contributed by atoms with Gasteiger partial charge in [-0.1, -0.05) is 6.07 Å². The smallest absolute Gasteiger partial charge is 0.435 e. The second-order valence-corrected chi connectivity index (χ2v) is 4.26. The first-order valence-corrected chi connectivity index (χ1v) is 5.53. The Balaban J connectivity index is 2.54. The van der Waals surface area contributed by atoms with Gasteiger partial charge in [-0.25, -0.2) is 0 Å². The highest BCUT2D eigenvalue weighted by molar-refractivity contribution is 6.01. The molecule has 1 heterocycles. The molecule has 1 aliphatic rings. The number of amides is 1. The molecule has 5 nitrogen and oxygen atoms in total. The summed E-state index contributed by atoms with van der Waals surface area (Å²) in [7, 11) is 0. The van der Waals surface area contributed by atoms with E-state index in [0.717, 1.165) is 6.92 Å². The number of alkyl halides is 3. The van der Waals surface area contributed by atoms with E-state index in [1.807, 2.05) is 5.32 Å². The molecule has 0 aliphatic carbocycles. The quantitative estimate of drug-likeness (QED) is 0.804. The summed E-state index contributed by atoms with van der Waals surface area (Å²) in [6.45, 7) is 2.40. The molecule has 1 aromatic carbocycles. The largest absolute Gasteiger partial charge is 0.478 e. The topological polar surface area (TPSA) is 64.6 Å². The zero-order chi connectivity index (χ0) is 15.1. The predicted octanol–water partition coefficient (Wildman–Crippen LogP) is 2.15. The summed E-state index contributed by atoms with van der Waals surface area (Å²) in [6.07, 6.45) is -5.22. The summed E-state index contributed by atoms with van der Waals surface area (Å²) >= 11 is 0. The minimum absolute atomic E-state index is 0.0765. The van der Waals surface area contributed by atoms with Crippen LogP contribution in [0.4, 0.5) is 18.9 Å². The molecule has 0 radical (unpaired) electrons. The van der Waals surface area contributed by atoms with Crippen LogP contribution in [-0.2, 0) is 14.3 Å². The zero-order valence-corrected chi connectivity index (χ0v) is 10.5. The van der Waals surface area contributed by atoms with Crippen molar-refractivity contribution in [3.05, 3.63) is 23.8 Å². The number of hydrogen-bond acceptors (Lipinski definition) is 4. The summed E-state index contributed by atoms with van der Waals surface area (Å²) in [6, 6.07) is 4.30. The molecule has 1 atom stereocenters. The molecule has 108 valence electrons. The lowest BCUT2D eigenvalue weighted by atomic mass is 10.1. The molecule has 20 heavy (non-hydrogen) atoms. The summed E-state index contributed by atoms with van der Waals surface area (Å²) < 4.78 is 48.3. The first-order valence-electron chi connectivity index (χ1n) is 5.53. The molecular formula is C12H10F3NO4. The van der Waals surface area contributed by atoms with Crippen molar-refractivity contribution in [3.8, 4) is 5.75 Å². The van der Waals surface area contributed by atoms with E-state index < -0.39 is 23.8 Å². The van der Waals surface area contributed by atoms with Gasteiger partial charge in [-0.15, -0.1) is 0 Å². The third-order valence-electron chi connectivity index (χ3n) is 2.60. The molecule has 1 aromatic rings. The van der Waals surface area contributed by atoms with Crippen LogP contribution in [0.3, 0.4) is 0 Å². The lowest BCUT2D eigenvalue weighted by Gasteiger charge is -2.36. The van der Waals surface area contributed by atoms with Crippen LogP contribution in [0.5, 0.6) is 5.75 Å². The van der Waals surface area contributed by atoms with Gasteiger partial charge in [-0.3, -0.25) is 9.59 Å². The molecule has 1 amide bonds. The van der Waals surface area contributed by atoms with Crippen molar-refractivity contribution in [1.82, 2.24) is 0 Å². The van der Waals surface area contributed by atoms with Crippen LogP contribution in [0, 0.1) is 6.92 Å². The van der Waals surface area contributed by atoms with Crippen molar-refractivity contribution < 1.29 is 32.2 Å². The number of carbonyl (C=O) groups is 2. The molecule has 0 bridgehead atoms. The maximum Gasteiger partial charge on any atom is 0.478 e. The Morgan fingerprint density at radius 3 is 2.60 bits per heavy atom. The molecule has 0 saturated heterocycles. The van der Waals surface area contributed by atoms with Crippen LogP contribution >= 0.6 is 0 Å². The van der Waals surface area contributed by atoms with E-state index in [2.05, 4.69) is 4.74 Å². The Hall–Kier alpha value is -2.25. The number of rotatable bonds is 1. The Morgan fingerprint density at radius 2 is 2.05 bits per heavy atom. The predicted molar refractivity (Wildman–Crippen MR) is 61.0 cm³/mol. The van der Waals surface area contributed by atoms with Crippen molar-refractivity contribution in [1.29, 1.82) is 0 Å². The molecule has 0 aromatic heterocycles. The van der Waals surface area contributed by atoms with Gasteiger partial charge in [0.05, 0.1) is 5.69 Å². The number of halogens is 3. The van der Waals surface area contributed by atoms with E-state index in [-0.39, 0.29) is 11.4 Å². The minimum Gasteiger partial charge on any atom is -0.435 e. The van der Waals surface area contributed by atoms with E-state index >= 15 is 0 Å². The third-order valence-corrected chi connectivity index (χ3v) is 2.60. The normalized spacial score (nSPS) is 21.6. The lowest BCUT2D eigenvalue weighted by Crippen LogP contribution is -2.63. The highest BCUT2D eigenvalue weighted by atomic mass is 19.4. The van der Waals surface area contributed by atoms with Gasteiger partial charge in [-0.05, 0) is 24.6 Å². The van der Waals surface area contributed by atoms with Gasteiger partial charge in [0.25, 0.3) is 0 Å². The zero-order valence-electron chi connectivity index (χ0n) is 10.5. The Bertz CT molecular complexity index is 585. The van der Waals surface area contributed by atoms with Crippen LogP contribution in [0.1, 0.15) is 12.5 Å². The Labute approximate surface area is 111 Å². The van der Waals surface area contributed by atoms with Crippen LogP contribution in [0.15, 0.2) is 18.2 Å². The molecule has 2 rings (SSSR count). The van der Waals surface area contributed by atoms with Crippen molar-refractivity contribution in [3.63, 3.8) is 0 Å². The Kier molecular flexibility index (Phi) is 3.11. The maximum atomic E-state index is 13.1. The molecule has 1 N–H and O–H groups in total. The van der Waals surface area contributed by atoms with Gasteiger partial charge in [0.15, 0.2) is 0 Å². The number of esters is 1. The second kappa shape index (κ2) is 4.39. The number of carbonyl (C=O) groups excluding carboxylic acids is 2. The monoisotopic (exact) mass is 289 g/mol. The highest BCUT2D eigenvalue weighted by Crippen LogP contribution is 2.43. The molecule has 0 fully saturated rings.